The standard InChI is InChI=1S/C13H9N.2ClH.Hg/c1-2-6-11-10(5-1)9-14-13-8-4-3-7-12(11)13;;;/h1-9H;2*1H;/q;;;+2/p-2. The molecule has 82 valence electrons. The third-order valence-electron chi connectivity index (χ3n) is 2.50. The van der Waals surface area contributed by atoms with Crippen molar-refractivity contribution in [3.8, 4) is 0 Å². The Morgan fingerprint density at radius 1 is 0.824 bits per heavy atom. The van der Waals surface area contributed by atoms with Crippen molar-refractivity contribution in [3.63, 3.8) is 0 Å². The molecule has 1 heterocycles. The van der Waals surface area contributed by atoms with Crippen molar-refractivity contribution in [1.29, 1.82) is 0 Å². The van der Waals surface area contributed by atoms with Crippen LogP contribution in [0.25, 0.3) is 21.7 Å². The zero-order valence-corrected chi connectivity index (χ0v) is 16.1. The summed E-state index contributed by atoms with van der Waals surface area (Å²) < 4.78 is 0. The Morgan fingerprint density at radius 3 is 2.18 bits per heavy atom. The van der Waals surface area contributed by atoms with Crippen LogP contribution < -0.4 is 0 Å². The molecule has 0 fully saturated rings. The van der Waals surface area contributed by atoms with Crippen molar-refractivity contribution in [2.24, 2.45) is 0 Å². The second kappa shape index (κ2) is 6.53. The molecule has 0 amide bonds. The van der Waals surface area contributed by atoms with E-state index in [-0.39, 0.29) is 0 Å². The maximum absolute atomic E-state index is 4.99. The van der Waals surface area contributed by atoms with Gasteiger partial charge in [0, 0.05) is 17.0 Å². The summed E-state index contributed by atoms with van der Waals surface area (Å²) in [7, 11) is 9.97. The predicted octanol–water partition coefficient (Wildman–Crippen LogP) is 4.76. The molecule has 0 N–H and O–H groups in total. The molecule has 3 rings (SSSR count). The average Bonchev–Trinajstić information content (AvgIpc) is 2.40. The van der Waals surface area contributed by atoms with Crippen molar-refractivity contribution in [2.45, 2.75) is 0 Å². The Morgan fingerprint density at radius 2 is 1.41 bits per heavy atom. The van der Waals surface area contributed by atoms with E-state index in [4.69, 9.17) is 16.5 Å². The molecule has 0 radical (unpaired) electrons. The fraction of sp³-hybridized carbons (Fsp3) is 0. The summed E-state index contributed by atoms with van der Waals surface area (Å²) >= 11 is -1.14. The van der Waals surface area contributed by atoms with Crippen LogP contribution in [0.4, 0.5) is 0 Å². The van der Waals surface area contributed by atoms with Crippen LogP contribution >= 0.6 is 16.5 Å². The Kier molecular flexibility index (Phi) is 5.02. The van der Waals surface area contributed by atoms with Crippen molar-refractivity contribution < 1.29 is 22.1 Å². The first-order valence-corrected chi connectivity index (χ1v) is 18.7. The Labute approximate surface area is 119 Å². The van der Waals surface area contributed by atoms with Gasteiger partial charge >= 0.3 is 38.6 Å². The van der Waals surface area contributed by atoms with E-state index < -0.39 is 22.1 Å². The first-order chi connectivity index (χ1) is 8.36. The molecule has 2 aromatic carbocycles. The summed E-state index contributed by atoms with van der Waals surface area (Å²) in [6, 6.07) is 16.6. The van der Waals surface area contributed by atoms with E-state index in [0.717, 1.165) is 5.52 Å². The Hall–Kier alpha value is -0.375. The maximum Gasteiger partial charge on any atom is 0.0708 e. The summed E-state index contributed by atoms with van der Waals surface area (Å²) in [5.41, 5.74) is 1.06. The predicted molar refractivity (Wildman–Crippen MR) is 71.0 cm³/mol. The van der Waals surface area contributed by atoms with Gasteiger partial charge in [0.2, 0.25) is 0 Å². The molecule has 0 bridgehead atoms. The number of fused-ring (bicyclic) bond motifs is 3. The van der Waals surface area contributed by atoms with E-state index in [2.05, 4.69) is 35.3 Å². The maximum atomic E-state index is 4.99. The van der Waals surface area contributed by atoms with Crippen LogP contribution in [0.3, 0.4) is 0 Å². The number of halogens is 2. The van der Waals surface area contributed by atoms with Gasteiger partial charge in [0.15, 0.2) is 0 Å². The van der Waals surface area contributed by atoms with Crippen LogP contribution in [0.2, 0.25) is 0 Å². The second-order valence-electron chi connectivity index (χ2n) is 3.46. The van der Waals surface area contributed by atoms with Crippen molar-refractivity contribution >= 4 is 38.2 Å². The van der Waals surface area contributed by atoms with E-state index in [1.165, 1.54) is 16.2 Å². The molecule has 0 aliphatic heterocycles. The summed E-state index contributed by atoms with van der Waals surface area (Å²) in [5.74, 6) is 0. The van der Waals surface area contributed by atoms with Crippen LogP contribution in [-0.4, -0.2) is 4.98 Å². The summed E-state index contributed by atoms with van der Waals surface area (Å²) in [4.78, 5) is 4.41. The number of aromatic nitrogens is 1. The van der Waals surface area contributed by atoms with Crippen LogP contribution in [0, 0.1) is 0 Å². The van der Waals surface area contributed by atoms with Gasteiger partial charge in [0.05, 0.1) is 5.52 Å². The van der Waals surface area contributed by atoms with Gasteiger partial charge in [0.1, 0.15) is 0 Å². The molecule has 4 heteroatoms. The number of para-hydroxylation sites is 1. The molecule has 0 saturated heterocycles. The summed E-state index contributed by atoms with van der Waals surface area (Å²) in [6.07, 6.45) is 1.93. The molecule has 0 saturated carbocycles. The van der Waals surface area contributed by atoms with Crippen LogP contribution in [0.5, 0.6) is 0 Å². The normalized spacial score (nSPS) is 9.53. The molecule has 17 heavy (non-hydrogen) atoms. The topological polar surface area (TPSA) is 12.9 Å². The number of rotatable bonds is 0. The fourth-order valence-corrected chi connectivity index (χ4v) is 1.81. The molecular weight excluding hydrogens is 442 g/mol. The first-order valence-electron chi connectivity index (χ1n) is 5.21. The molecule has 3 aromatic rings. The minimum Gasteiger partial charge on any atom is -0.256 e. The molecule has 0 spiro atoms. The molecule has 1 nitrogen and oxygen atoms in total. The van der Waals surface area contributed by atoms with E-state index in [1.54, 1.807) is 0 Å². The Bertz CT molecular complexity index is 573. The van der Waals surface area contributed by atoms with Crippen molar-refractivity contribution in [3.05, 3.63) is 54.7 Å². The van der Waals surface area contributed by atoms with Gasteiger partial charge in [-0.3, -0.25) is 4.98 Å². The number of pyridine rings is 1. The largest absolute Gasteiger partial charge is 0.256 e. The van der Waals surface area contributed by atoms with Gasteiger partial charge in [-0.2, -0.15) is 0 Å². The van der Waals surface area contributed by atoms with Gasteiger partial charge in [-0.15, -0.1) is 0 Å². The number of benzene rings is 2. The van der Waals surface area contributed by atoms with Gasteiger partial charge in [-0.1, -0.05) is 42.5 Å². The van der Waals surface area contributed by atoms with Crippen molar-refractivity contribution in [2.75, 3.05) is 0 Å². The van der Waals surface area contributed by atoms with E-state index in [1.807, 2.05) is 24.4 Å². The molecule has 0 aliphatic carbocycles. The number of hydrogen-bond donors (Lipinski definition) is 0. The Balaban J connectivity index is 0.000000329. The quantitative estimate of drug-likeness (QED) is 0.355. The molecule has 0 atom stereocenters. The number of hydrogen-bond acceptors (Lipinski definition) is 1. The van der Waals surface area contributed by atoms with Gasteiger partial charge in [-0.05, 0) is 11.5 Å². The third kappa shape index (κ3) is 3.09. The van der Waals surface area contributed by atoms with Gasteiger partial charge < -0.3 is 0 Å². The minimum atomic E-state index is -1.14. The van der Waals surface area contributed by atoms with Gasteiger partial charge in [-0.25, -0.2) is 0 Å². The summed E-state index contributed by atoms with van der Waals surface area (Å²) in [5, 5.41) is 3.70. The molecule has 0 aliphatic rings. The molecular formula is C13H9Cl2HgN. The van der Waals surface area contributed by atoms with Crippen LogP contribution in [-0.2, 0) is 22.1 Å². The minimum absolute atomic E-state index is 1.06. The van der Waals surface area contributed by atoms with E-state index in [0.29, 0.717) is 0 Å². The van der Waals surface area contributed by atoms with Gasteiger partial charge in [0.25, 0.3) is 0 Å². The fourth-order valence-electron chi connectivity index (χ4n) is 1.81. The SMILES string of the molecule is [Cl][Hg][Cl].c1ccc2c(c1)cnc1ccccc12. The van der Waals surface area contributed by atoms with Crippen LogP contribution in [0.1, 0.15) is 0 Å². The van der Waals surface area contributed by atoms with Crippen LogP contribution in [0.15, 0.2) is 54.7 Å². The zero-order valence-electron chi connectivity index (χ0n) is 9.11. The number of nitrogens with zero attached hydrogens (tertiary/aromatic N) is 1. The van der Waals surface area contributed by atoms with E-state index >= 15 is 0 Å². The monoisotopic (exact) mass is 451 g/mol. The average molecular weight is 451 g/mol. The molecule has 0 unspecified atom stereocenters. The first kappa shape index (κ1) is 13.1. The second-order valence-corrected chi connectivity index (χ2v) is 11.3. The van der Waals surface area contributed by atoms with E-state index in [9.17, 15) is 0 Å². The van der Waals surface area contributed by atoms with Crippen molar-refractivity contribution in [1.82, 2.24) is 4.98 Å². The summed E-state index contributed by atoms with van der Waals surface area (Å²) in [6.45, 7) is 0. The third-order valence-corrected chi connectivity index (χ3v) is 2.50. The molecule has 1 aromatic heterocycles. The zero-order chi connectivity index (χ0) is 12.1. The smallest absolute Gasteiger partial charge is 0.0708 e.